The van der Waals surface area contributed by atoms with Gasteiger partial charge in [0, 0.05) is 6.20 Å². The summed E-state index contributed by atoms with van der Waals surface area (Å²) in [4.78, 5) is 29.5. The highest BCUT2D eigenvalue weighted by Gasteiger charge is 2.17. The molecule has 0 aliphatic carbocycles. The minimum absolute atomic E-state index is 0.171. The Labute approximate surface area is 152 Å². The van der Waals surface area contributed by atoms with Gasteiger partial charge in [-0.2, -0.15) is 0 Å². The number of halogens is 1. The Morgan fingerprint density at radius 3 is 2.70 bits per heavy atom. The first-order valence-corrected chi connectivity index (χ1v) is 8.25. The van der Waals surface area contributed by atoms with E-state index in [-0.39, 0.29) is 19.0 Å². The van der Waals surface area contributed by atoms with E-state index >= 15 is 0 Å². The van der Waals surface area contributed by atoms with E-state index in [1.165, 1.54) is 39.7 Å². The van der Waals surface area contributed by atoms with Crippen molar-refractivity contribution in [2.24, 2.45) is 0 Å². The van der Waals surface area contributed by atoms with E-state index in [0.717, 1.165) is 0 Å². The number of hydrogen-bond acceptors (Lipinski definition) is 4. The largest absolute Gasteiger partial charge is 0.467 e. The molecule has 0 saturated carbocycles. The number of furan rings is 1. The lowest BCUT2D eigenvalue weighted by atomic mass is 10.3. The molecule has 136 valence electrons. The predicted octanol–water partition coefficient (Wildman–Crippen LogP) is 2.24. The number of carbonyl (C=O) groups is 1. The lowest BCUT2D eigenvalue weighted by molar-refractivity contribution is -0.121. The van der Waals surface area contributed by atoms with Crippen LogP contribution in [0, 0.1) is 5.82 Å². The van der Waals surface area contributed by atoms with Gasteiger partial charge in [0.15, 0.2) is 5.65 Å². The quantitative estimate of drug-likeness (QED) is 0.587. The van der Waals surface area contributed by atoms with E-state index in [2.05, 4.69) is 10.3 Å². The average molecular weight is 366 g/mol. The molecule has 1 amide bonds. The number of fused-ring (bicyclic) bond motifs is 1. The van der Waals surface area contributed by atoms with Gasteiger partial charge in [-0.15, -0.1) is 0 Å². The molecule has 1 aromatic carbocycles. The molecule has 1 N–H and O–H groups in total. The van der Waals surface area contributed by atoms with E-state index < -0.39 is 11.5 Å². The first kappa shape index (κ1) is 16.8. The highest BCUT2D eigenvalue weighted by molar-refractivity contribution is 5.80. The van der Waals surface area contributed by atoms with Gasteiger partial charge in [0.05, 0.1) is 24.0 Å². The van der Waals surface area contributed by atoms with Gasteiger partial charge in [0.25, 0.3) is 0 Å². The molecule has 0 spiro atoms. The number of nitrogens with one attached hydrogen (secondary N) is 1. The van der Waals surface area contributed by atoms with Gasteiger partial charge in [-0.05, 0) is 48.5 Å². The van der Waals surface area contributed by atoms with Crippen molar-refractivity contribution in [3.63, 3.8) is 0 Å². The SMILES string of the molecule is O=C(Cn1c(=O)n(-c2ccc(F)cc2)c2ncccc21)NCc1ccco1. The smallest absolute Gasteiger partial charge is 0.335 e. The Morgan fingerprint density at radius 2 is 1.96 bits per heavy atom. The van der Waals surface area contributed by atoms with Crippen molar-refractivity contribution in [3.05, 3.63) is 83.1 Å². The topological polar surface area (TPSA) is 82.1 Å². The molecule has 0 atom stereocenters. The zero-order valence-corrected chi connectivity index (χ0v) is 14.1. The standard InChI is InChI=1S/C19H15FN4O3/c20-13-5-7-14(8-6-13)24-18-16(4-1-9-21-18)23(19(24)26)12-17(25)22-11-15-3-2-10-27-15/h1-10H,11-12H2,(H,22,25). The third-order valence-electron chi connectivity index (χ3n) is 4.12. The molecule has 0 fully saturated rings. The maximum absolute atomic E-state index is 13.2. The molecule has 0 unspecified atom stereocenters. The lowest BCUT2D eigenvalue weighted by Gasteiger charge is -2.04. The van der Waals surface area contributed by atoms with E-state index in [4.69, 9.17) is 4.42 Å². The van der Waals surface area contributed by atoms with E-state index in [0.29, 0.717) is 22.6 Å². The van der Waals surface area contributed by atoms with Crippen LogP contribution >= 0.6 is 0 Å². The number of benzene rings is 1. The normalized spacial score (nSPS) is 11.0. The number of aromatic nitrogens is 3. The Hall–Kier alpha value is -3.68. The molecule has 27 heavy (non-hydrogen) atoms. The van der Waals surface area contributed by atoms with Gasteiger partial charge in [-0.1, -0.05) is 0 Å². The van der Waals surface area contributed by atoms with Crippen molar-refractivity contribution < 1.29 is 13.6 Å². The van der Waals surface area contributed by atoms with Gasteiger partial charge >= 0.3 is 5.69 Å². The summed E-state index contributed by atoms with van der Waals surface area (Å²) in [5, 5.41) is 2.71. The molecule has 0 bridgehead atoms. The number of nitrogens with zero attached hydrogens (tertiary/aromatic N) is 3. The summed E-state index contributed by atoms with van der Waals surface area (Å²) >= 11 is 0. The fourth-order valence-electron chi connectivity index (χ4n) is 2.86. The summed E-state index contributed by atoms with van der Waals surface area (Å²) in [7, 11) is 0. The number of pyridine rings is 1. The molecule has 7 nitrogen and oxygen atoms in total. The van der Waals surface area contributed by atoms with Gasteiger partial charge in [-0.3, -0.25) is 9.36 Å². The summed E-state index contributed by atoms with van der Waals surface area (Å²) in [5.74, 6) is -0.123. The van der Waals surface area contributed by atoms with Gasteiger partial charge in [-0.25, -0.2) is 18.7 Å². The van der Waals surface area contributed by atoms with Crippen LogP contribution in [0.1, 0.15) is 5.76 Å². The second-order valence-electron chi connectivity index (χ2n) is 5.88. The second kappa shape index (κ2) is 6.91. The number of hydrogen-bond donors (Lipinski definition) is 1. The second-order valence-corrected chi connectivity index (χ2v) is 5.88. The van der Waals surface area contributed by atoms with Crippen molar-refractivity contribution in [2.45, 2.75) is 13.1 Å². The molecule has 0 saturated heterocycles. The van der Waals surface area contributed by atoms with Gasteiger partial charge in [0.2, 0.25) is 5.91 Å². The maximum atomic E-state index is 13.2. The van der Waals surface area contributed by atoms with Crippen molar-refractivity contribution in [3.8, 4) is 5.69 Å². The minimum atomic E-state index is -0.427. The third kappa shape index (κ3) is 3.24. The maximum Gasteiger partial charge on any atom is 0.335 e. The summed E-state index contributed by atoms with van der Waals surface area (Å²) in [5.41, 5.74) is 0.955. The van der Waals surface area contributed by atoms with Crippen molar-refractivity contribution in [1.82, 2.24) is 19.4 Å². The molecule has 0 radical (unpaired) electrons. The Morgan fingerprint density at radius 1 is 1.15 bits per heavy atom. The van der Waals surface area contributed by atoms with Crippen LogP contribution in [0.15, 0.2) is 70.2 Å². The Kier molecular flexibility index (Phi) is 4.29. The molecule has 3 aromatic heterocycles. The van der Waals surface area contributed by atoms with Crippen LogP contribution in [-0.4, -0.2) is 20.0 Å². The van der Waals surface area contributed by atoms with Crippen molar-refractivity contribution in [2.75, 3.05) is 0 Å². The minimum Gasteiger partial charge on any atom is -0.467 e. The van der Waals surface area contributed by atoms with E-state index in [1.54, 1.807) is 30.5 Å². The number of amides is 1. The average Bonchev–Trinajstić information content (AvgIpc) is 3.28. The molecule has 0 aliphatic heterocycles. The van der Waals surface area contributed by atoms with Gasteiger partial charge in [0.1, 0.15) is 18.1 Å². The highest BCUT2D eigenvalue weighted by atomic mass is 19.1. The summed E-state index contributed by atoms with van der Waals surface area (Å²) < 4.78 is 21.1. The molecule has 4 rings (SSSR count). The third-order valence-corrected chi connectivity index (χ3v) is 4.12. The van der Waals surface area contributed by atoms with Crippen LogP contribution in [-0.2, 0) is 17.9 Å². The zero-order chi connectivity index (χ0) is 18.8. The first-order chi connectivity index (χ1) is 13.1. The van der Waals surface area contributed by atoms with Crippen LogP contribution < -0.4 is 11.0 Å². The zero-order valence-electron chi connectivity index (χ0n) is 14.1. The molecule has 8 heteroatoms. The fourth-order valence-corrected chi connectivity index (χ4v) is 2.86. The van der Waals surface area contributed by atoms with Crippen LogP contribution in [0.4, 0.5) is 4.39 Å². The first-order valence-electron chi connectivity index (χ1n) is 8.25. The predicted molar refractivity (Wildman–Crippen MR) is 95.8 cm³/mol. The Balaban J connectivity index is 1.68. The summed E-state index contributed by atoms with van der Waals surface area (Å²) in [6.45, 7) is 0.0609. The van der Waals surface area contributed by atoms with Crippen molar-refractivity contribution >= 4 is 17.1 Å². The summed E-state index contributed by atoms with van der Waals surface area (Å²) in [6, 6.07) is 12.4. The monoisotopic (exact) mass is 366 g/mol. The molecular weight excluding hydrogens is 351 g/mol. The van der Waals surface area contributed by atoms with Crippen LogP contribution in [0.25, 0.3) is 16.9 Å². The van der Waals surface area contributed by atoms with Crippen molar-refractivity contribution in [1.29, 1.82) is 0 Å². The molecule has 3 heterocycles. The molecular formula is C19H15FN4O3. The summed E-state index contributed by atoms with van der Waals surface area (Å²) in [6.07, 6.45) is 3.08. The molecule has 4 aromatic rings. The lowest BCUT2D eigenvalue weighted by Crippen LogP contribution is -2.32. The molecule has 0 aliphatic rings. The van der Waals surface area contributed by atoms with Crippen LogP contribution in [0.3, 0.4) is 0 Å². The number of carbonyl (C=O) groups excluding carboxylic acids is 1. The van der Waals surface area contributed by atoms with E-state index in [9.17, 15) is 14.0 Å². The highest BCUT2D eigenvalue weighted by Crippen LogP contribution is 2.16. The number of imidazole rings is 1. The van der Waals surface area contributed by atoms with Crippen LogP contribution in [0.5, 0.6) is 0 Å². The fraction of sp³-hybridized carbons (Fsp3) is 0.105. The number of rotatable bonds is 5. The van der Waals surface area contributed by atoms with Gasteiger partial charge < -0.3 is 9.73 Å². The van der Waals surface area contributed by atoms with E-state index in [1.807, 2.05) is 0 Å². The van der Waals surface area contributed by atoms with Crippen LogP contribution in [0.2, 0.25) is 0 Å². The Bertz CT molecular complexity index is 1140.